The number of nitrogens with zero attached hydrogens (tertiary/aromatic N) is 1. The molecule has 1 fully saturated rings. The van der Waals surface area contributed by atoms with E-state index in [1.807, 2.05) is 7.05 Å². The fourth-order valence-corrected chi connectivity index (χ4v) is 2.67. The zero-order chi connectivity index (χ0) is 13.7. The van der Waals surface area contributed by atoms with E-state index in [4.69, 9.17) is 4.74 Å². The molecule has 1 saturated heterocycles. The first-order chi connectivity index (χ1) is 9.20. The van der Waals surface area contributed by atoms with Crippen molar-refractivity contribution < 1.29 is 4.74 Å². The molecule has 19 heavy (non-hydrogen) atoms. The molecule has 0 radical (unpaired) electrons. The first kappa shape index (κ1) is 14.4. The van der Waals surface area contributed by atoms with Crippen LogP contribution in [-0.4, -0.2) is 33.4 Å². The SMILES string of the molecule is CNCc1ccc(N(C)CC2CCCCO2)cc1C. The lowest BCUT2D eigenvalue weighted by molar-refractivity contribution is 0.0216. The Morgan fingerprint density at radius 2 is 2.21 bits per heavy atom. The van der Waals surface area contributed by atoms with Crippen molar-refractivity contribution in [2.75, 3.05) is 32.1 Å². The molecule has 3 heteroatoms. The Morgan fingerprint density at radius 1 is 1.37 bits per heavy atom. The van der Waals surface area contributed by atoms with Gasteiger partial charge in [-0.15, -0.1) is 0 Å². The van der Waals surface area contributed by atoms with Crippen molar-refractivity contribution in [1.29, 1.82) is 0 Å². The van der Waals surface area contributed by atoms with Gasteiger partial charge in [0.05, 0.1) is 6.10 Å². The summed E-state index contributed by atoms with van der Waals surface area (Å²) in [6.07, 6.45) is 4.12. The summed E-state index contributed by atoms with van der Waals surface area (Å²) in [5.74, 6) is 0. The maximum Gasteiger partial charge on any atom is 0.0749 e. The number of hydrogen-bond donors (Lipinski definition) is 1. The number of nitrogens with one attached hydrogen (secondary N) is 1. The first-order valence-electron chi connectivity index (χ1n) is 7.27. The van der Waals surface area contributed by atoms with Crippen molar-refractivity contribution in [2.45, 2.75) is 38.8 Å². The van der Waals surface area contributed by atoms with Crippen LogP contribution >= 0.6 is 0 Å². The van der Waals surface area contributed by atoms with Crippen molar-refractivity contribution in [3.63, 3.8) is 0 Å². The smallest absolute Gasteiger partial charge is 0.0749 e. The maximum absolute atomic E-state index is 5.81. The van der Waals surface area contributed by atoms with E-state index in [9.17, 15) is 0 Å². The summed E-state index contributed by atoms with van der Waals surface area (Å²) >= 11 is 0. The second kappa shape index (κ2) is 6.92. The van der Waals surface area contributed by atoms with Gasteiger partial charge in [0.15, 0.2) is 0 Å². The fourth-order valence-electron chi connectivity index (χ4n) is 2.67. The number of likely N-dealkylation sites (N-methyl/N-ethyl adjacent to an activating group) is 1. The van der Waals surface area contributed by atoms with Crippen LogP contribution in [0.4, 0.5) is 5.69 Å². The molecule has 1 atom stereocenters. The Morgan fingerprint density at radius 3 is 2.84 bits per heavy atom. The van der Waals surface area contributed by atoms with Gasteiger partial charge in [-0.05, 0) is 56.5 Å². The summed E-state index contributed by atoms with van der Waals surface area (Å²) in [5.41, 5.74) is 4.00. The summed E-state index contributed by atoms with van der Waals surface area (Å²) in [5, 5.41) is 3.21. The maximum atomic E-state index is 5.81. The topological polar surface area (TPSA) is 24.5 Å². The Hall–Kier alpha value is -1.06. The lowest BCUT2D eigenvalue weighted by Crippen LogP contribution is -2.33. The van der Waals surface area contributed by atoms with Crippen molar-refractivity contribution in [1.82, 2.24) is 5.32 Å². The van der Waals surface area contributed by atoms with E-state index in [1.165, 1.54) is 36.1 Å². The highest BCUT2D eigenvalue weighted by molar-refractivity contribution is 5.50. The molecule has 0 amide bonds. The molecule has 0 aromatic heterocycles. The summed E-state index contributed by atoms with van der Waals surface area (Å²) in [6.45, 7) is 5.03. The Kier molecular flexibility index (Phi) is 5.23. The van der Waals surface area contributed by atoms with Gasteiger partial charge in [0.2, 0.25) is 0 Å². The van der Waals surface area contributed by atoms with Gasteiger partial charge in [-0.2, -0.15) is 0 Å². The van der Waals surface area contributed by atoms with Gasteiger partial charge in [-0.3, -0.25) is 0 Å². The molecule has 1 aliphatic heterocycles. The Labute approximate surface area is 116 Å². The summed E-state index contributed by atoms with van der Waals surface area (Å²) in [6, 6.07) is 6.71. The predicted molar refractivity (Wildman–Crippen MR) is 80.8 cm³/mol. The molecule has 1 heterocycles. The standard InChI is InChI=1S/C16H26N2O/c1-13-10-15(8-7-14(13)11-17-2)18(3)12-16-6-4-5-9-19-16/h7-8,10,16-17H,4-6,9,11-12H2,1-3H3. The molecule has 0 bridgehead atoms. The molecular formula is C16H26N2O. The quantitative estimate of drug-likeness (QED) is 0.883. The zero-order valence-electron chi connectivity index (χ0n) is 12.4. The van der Waals surface area contributed by atoms with Crippen LogP contribution in [0.1, 0.15) is 30.4 Å². The van der Waals surface area contributed by atoms with E-state index in [0.29, 0.717) is 6.10 Å². The van der Waals surface area contributed by atoms with E-state index in [0.717, 1.165) is 19.7 Å². The molecular weight excluding hydrogens is 236 g/mol. The molecule has 106 valence electrons. The van der Waals surface area contributed by atoms with Crippen LogP contribution < -0.4 is 10.2 Å². The van der Waals surface area contributed by atoms with E-state index in [2.05, 4.69) is 42.4 Å². The number of rotatable bonds is 5. The fraction of sp³-hybridized carbons (Fsp3) is 0.625. The number of ether oxygens (including phenoxy) is 1. The molecule has 1 N–H and O–H groups in total. The molecule has 1 aromatic carbocycles. The summed E-state index contributed by atoms with van der Waals surface area (Å²) in [7, 11) is 4.14. The van der Waals surface area contributed by atoms with E-state index >= 15 is 0 Å². The van der Waals surface area contributed by atoms with Crippen molar-refractivity contribution in [3.8, 4) is 0 Å². The van der Waals surface area contributed by atoms with Gasteiger partial charge in [0.1, 0.15) is 0 Å². The molecule has 0 spiro atoms. The highest BCUT2D eigenvalue weighted by Gasteiger charge is 2.16. The molecule has 2 rings (SSSR count). The third kappa shape index (κ3) is 3.95. The van der Waals surface area contributed by atoms with Gasteiger partial charge in [0.25, 0.3) is 0 Å². The lowest BCUT2D eigenvalue weighted by atomic mass is 10.1. The highest BCUT2D eigenvalue weighted by atomic mass is 16.5. The monoisotopic (exact) mass is 262 g/mol. The van der Waals surface area contributed by atoms with E-state index in [1.54, 1.807) is 0 Å². The van der Waals surface area contributed by atoms with Crippen LogP contribution in [0.2, 0.25) is 0 Å². The van der Waals surface area contributed by atoms with Crippen molar-refractivity contribution in [3.05, 3.63) is 29.3 Å². The molecule has 3 nitrogen and oxygen atoms in total. The molecule has 1 aromatic rings. The lowest BCUT2D eigenvalue weighted by Gasteiger charge is -2.29. The highest BCUT2D eigenvalue weighted by Crippen LogP contribution is 2.21. The molecule has 1 unspecified atom stereocenters. The van der Waals surface area contributed by atoms with Gasteiger partial charge >= 0.3 is 0 Å². The van der Waals surface area contributed by atoms with Gasteiger partial charge in [-0.25, -0.2) is 0 Å². The molecule has 0 aliphatic carbocycles. The average Bonchev–Trinajstić information content (AvgIpc) is 2.42. The summed E-state index contributed by atoms with van der Waals surface area (Å²) < 4.78 is 5.81. The average molecular weight is 262 g/mol. The third-order valence-corrected chi connectivity index (χ3v) is 3.89. The Bertz CT molecular complexity index is 400. The normalized spacial score (nSPS) is 19.4. The Balaban J connectivity index is 1.98. The molecule has 0 saturated carbocycles. The van der Waals surface area contributed by atoms with E-state index < -0.39 is 0 Å². The first-order valence-corrected chi connectivity index (χ1v) is 7.27. The zero-order valence-corrected chi connectivity index (χ0v) is 12.4. The van der Waals surface area contributed by atoms with E-state index in [-0.39, 0.29) is 0 Å². The predicted octanol–water partition coefficient (Wildman–Crippen LogP) is 2.72. The van der Waals surface area contributed by atoms with Crippen molar-refractivity contribution >= 4 is 5.69 Å². The van der Waals surface area contributed by atoms with Crippen LogP contribution in [0, 0.1) is 6.92 Å². The summed E-state index contributed by atoms with van der Waals surface area (Å²) in [4.78, 5) is 2.31. The van der Waals surface area contributed by atoms with Gasteiger partial charge in [0, 0.05) is 32.4 Å². The van der Waals surface area contributed by atoms with Crippen LogP contribution in [-0.2, 0) is 11.3 Å². The van der Waals surface area contributed by atoms with Crippen LogP contribution in [0.5, 0.6) is 0 Å². The largest absolute Gasteiger partial charge is 0.376 e. The minimum absolute atomic E-state index is 0.399. The number of benzene rings is 1. The second-order valence-electron chi connectivity index (χ2n) is 5.51. The number of anilines is 1. The van der Waals surface area contributed by atoms with Gasteiger partial charge in [-0.1, -0.05) is 6.07 Å². The number of hydrogen-bond acceptors (Lipinski definition) is 3. The third-order valence-electron chi connectivity index (χ3n) is 3.89. The number of aryl methyl sites for hydroxylation is 1. The van der Waals surface area contributed by atoms with Gasteiger partial charge < -0.3 is 15.0 Å². The van der Waals surface area contributed by atoms with Crippen LogP contribution in [0.25, 0.3) is 0 Å². The molecule has 1 aliphatic rings. The van der Waals surface area contributed by atoms with Crippen LogP contribution in [0.3, 0.4) is 0 Å². The minimum Gasteiger partial charge on any atom is -0.376 e. The second-order valence-corrected chi connectivity index (χ2v) is 5.51. The van der Waals surface area contributed by atoms with Crippen LogP contribution in [0.15, 0.2) is 18.2 Å². The van der Waals surface area contributed by atoms with Crippen molar-refractivity contribution in [2.24, 2.45) is 0 Å². The minimum atomic E-state index is 0.399.